The molecule has 0 saturated carbocycles. The molecular weight excluding hydrogens is 264 g/mol. The van der Waals surface area contributed by atoms with Crippen molar-refractivity contribution in [3.63, 3.8) is 0 Å². The van der Waals surface area contributed by atoms with Crippen molar-refractivity contribution in [2.45, 2.75) is 25.9 Å². The second-order valence-corrected chi connectivity index (χ2v) is 4.68. The fourth-order valence-corrected chi connectivity index (χ4v) is 2.09. The molecule has 21 heavy (non-hydrogen) atoms. The Morgan fingerprint density at radius 2 is 1.95 bits per heavy atom. The lowest BCUT2D eigenvalue weighted by molar-refractivity contribution is -0.143. The van der Waals surface area contributed by atoms with E-state index in [1.54, 1.807) is 6.20 Å². The first-order valence-electron chi connectivity index (χ1n) is 7.13. The van der Waals surface area contributed by atoms with Gasteiger partial charge < -0.3 is 10.1 Å². The number of hydrogen-bond donors (Lipinski definition) is 1. The Morgan fingerprint density at radius 3 is 2.62 bits per heavy atom. The quantitative estimate of drug-likeness (QED) is 0.794. The van der Waals surface area contributed by atoms with E-state index in [9.17, 15) is 4.79 Å². The predicted molar refractivity (Wildman–Crippen MR) is 81.5 cm³/mol. The molecule has 0 amide bonds. The van der Waals surface area contributed by atoms with Gasteiger partial charge in [0.15, 0.2) is 0 Å². The summed E-state index contributed by atoms with van der Waals surface area (Å²) in [5.41, 5.74) is 2.02. The molecule has 4 nitrogen and oxygen atoms in total. The molecule has 0 fully saturated rings. The lowest BCUT2D eigenvalue weighted by atomic mass is 10.1. The molecule has 1 N–H and O–H groups in total. The maximum Gasteiger partial charge on any atom is 0.307 e. The van der Waals surface area contributed by atoms with Crippen LogP contribution in [0.1, 0.15) is 30.6 Å². The fourth-order valence-electron chi connectivity index (χ4n) is 2.09. The highest BCUT2D eigenvalue weighted by Gasteiger charge is 2.17. The lowest BCUT2D eigenvalue weighted by Crippen LogP contribution is -2.25. The van der Waals surface area contributed by atoms with Gasteiger partial charge in [-0.1, -0.05) is 36.4 Å². The number of benzene rings is 1. The summed E-state index contributed by atoms with van der Waals surface area (Å²) in [6.45, 7) is 2.89. The van der Waals surface area contributed by atoms with E-state index in [1.165, 1.54) is 5.56 Å². The molecule has 2 aromatic rings. The van der Waals surface area contributed by atoms with Crippen LogP contribution in [0.15, 0.2) is 54.7 Å². The second-order valence-electron chi connectivity index (χ2n) is 4.68. The number of hydrogen-bond acceptors (Lipinski definition) is 4. The van der Waals surface area contributed by atoms with Gasteiger partial charge in [0.25, 0.3) is 0 Å². The molecule has 4 heteroatoms. The molecule has 1 heterocycles. The van der Waals surface area contributed by atoms with Crippen molar-refractivity contribution in [2.75, 3.05) is 6.61 Å². The standard InChI is InChI=1S/C17H20N2O2/c1-2-21-17(20)12-16(15-10-6-7-11-18-15)19-13-14-8-4-3-5-9-14/h3-11,16,19H,2,12-13H2,1H3. The molecular formula is C17H20N2O2. The minimum absolute atomic E-state index is 0.148. The Balaban J connectivity index is 2.03. The van der Waals surface area contributed by atoms with Crippen LogP contribution < -0.4 is 5.32 Å². The first-order valence-corrected chi connectivity index (χ1v) is 7.13. The summed E-state index contributed by atoms with van der Waals surface area (Å²) in [5.74, 6) is -0.214. The zero-order valence-electron chi connectivity index (χ0n) is 12.2. The topological polar surface area (TPSA) is 51.2 Å². The predicted octanol–water partition coefficient (Wildman–Crippen LogP) is 2.87. The number of rotatable bonds is 7. The van der Waals surface area contributed by atoms with Crippen LogP contribution >= 0.6 is 0 Å². The molecule has 1 aromatic carbocycles. The summed E-state index contributed by atoms with van der Waals surface area (Å²) >= 11 is 0. The third kappa shape index (κ3) is 5.00. The number of ether oxygens (including phenoxy) is 1. The van der Waals surface area contributed by atoms with Gasteiger partial charge in [0, 0.05) is 12.7 Å². The minimum atomic E-state index is -0.214. The molecule has 1 atom stereocenters. The van der Waals surface area contributed by atoms with Crippen LogP contribution in [0.3, 0.4) is 0 Å². The van der Waals surface area contributed by atoms with Gasteiger partial charge in [0.2, 0.25) is 0 Å². The molecule has 0 saturated heterocycles. The van der Waals surface area contributed by atoms with E-state index < -0.39 is 0 Å². The Bertz CT molecular complexity index is 543. The minimum Gasteiger partial charge on any atom is -0.466 e. The van der Waals surface area contributed by atoms with Gasteiger partial charge in [0.05, 0.1) is 24.8 Å². The third-order valence-corrected chi connectivity index (χ3v) is 3.12. The summed E-state index contributed by atoms with van der Waals surface area (Å²) in [6, 6.07) is 15.6. The van der Waals surface area contributed by atoms with Crippen LogP contribution in [0.4, 0.5) is 0 Å². The summed E-state index contributed by atoms with van der Waals surface area (Å²) < 4.78 is 5.04. The molecule has 0 radical (unpaired) electrons. The molecule has 0 aliphatic carbocycles. The molecule has 0 bridgehead atoms. The highest BCUT2D eigenvalue weighted by Crippen LogP contribution is 2.16. The van der Waals surface area contributed by atoms with Crippen molar-refractivity contribution in [3.8, 4) is 0 Å². The maximum absolute atomic E-state index is 11.7. The first-order chi connectivity index (χ1) is 10.3. The van der Waals surface area contributed by atoms with E-state index in [-0.39, 0.29) is 18.4 Å². The maximum atomic E-state index is 11.7. The number of aromatic nitrogens is 1. The largest absolute Gasteiger partial charge is 0.466 e. The Hall–Kier alpha value is -2.20. The third-order valence-electron chi connectivity index (χ3n) is 3.12. The molecule has 0 aliphatic rings. The van der Waals surface area contributed by atoms with E-state index in [2.05, 4.69) is 10.3 Å². The molecule has 110 valence electrons. The van der Waals surface area contributed by atoms with Crippen molar-refractivity contribution in [1.29, 1.82) is 0 Å². The Kier molecular flexibility index (Phi) is 5.91. The summed E-state index contributed by atoms with van der Waals surface area (Å²) in [4.78, 5) is 16.1. The van der Waals surface area contributed by atoms with E-state index >= 15 is 0 Å². The van der Waals surface area contributed by atoms with Crippen molar-refractivity contribution in [2.24, 2.45) is 0 Å². The van der Waals surface area contributed by atoms with Gasteiger partial charge >= 0.3 is 5.97 Å². The van der Waals surface area contributed by atoms with E-state index in [0.717, 1.165) is 5.69 Å². The Labute approximate surface area is 125 Å². The van der Waals surface area contributed by atoms with Gasteiger partial charge in [-0.25, -0.2) is 0 Å². The number of nitrogens with zero attached hydrogens (tertiary/aromatic N) is 1. The number of pyridine rings is 1. The number of carbonyl (C=O) groups excluding carboxylic acids is 1. The monoisotopic (exact) mass is 284 g/mol. The van der Waals surface area contributed by atoms with E-state index in [1.807, 2.05) is 55.5 Å². The van der Waals surface area contributed by atoms with E-state index in [0.29, 0.717) is 13.2 Å². The molecule has 1 unspecified atom stereocenters. The fraction of sp³-hybridized carbons (Fsp3) is 0.294. The molecule has 0 spiro atoms. The zero-order chi connectivity index (χ0) is 14.9. The highest BCUT2D eigenvalue weighted by atomic mass is 16.5. The second kappa shape index (κ2) is 8.17. The molecule has 1 aromatic heterocycles. The lowest BCUT2D eigenvalue weighted by Gasteiger charge is -2.17. The van der Waals surface area contributed by atoms with Gasteiger partial charge in [0.1, 0.15) is 0 Å². The van der Waals surface area contributed by atoms with E-state index in [4.69, 9.17) is 4.74 Å². The summed E-state index contributed by atoms with van der Waals surface area (Å²) in [7, 11) is 0. The van der Waals surface area contributed by atoms with Crippen LogP contribution in [-0.2, 0) is 16.1 Å². The van der Waals surface area contributed by atoms with Gasteiger partial charge in [-0.05, 0) is 24.6 Å². The Morgan fingerprint density at radius 1 is 1.19 bits per heavy atom. The smallest absolute Gasteiger partial charge is 0.307 e. The van der Waals surface area contributed by atoms with Crippen molar-refractivity contribution >= 4 is 5.97 Å². The summed E-state index contributed by atoms with van der Waals surface area (Å²) in [6.07, 6.45) is 2.01. The van der Waals surface area contributed by atoms with Crippen molar-refractivity contribution in [3.05, 3.63) is 66.0 Å². The SMILES string of the molecule is CCOC(=O)CC(NCc1ccccc1)c1ccccn1. The number of esters is 1. The van der Waals surface area contributed by atoms with Crippen LogP contribution in [0.2, 0.25) is 0 Å². The van der Waals surface area contributed by atoms with Crippen molar-refractivity contribution < 1.29 is 9.53 Å². The molecule has 0 aliphatic heterocycles. The van der Waals surface area contributed by atoms with Crippen LogP contribution in [0, 0.1) is 0 Å². The van der Waals surface area contributed by atoms with Gasteiger partial charge in [-0.3, -0.25) is 9.78 Å². The van der Waals surface area contributed by atoms with Gasteiger partial charge in [-0.2, -0.15) is 0 Å². The van der Waals surface area contributed by atoms with Crippen LogP contribution in [-0.4, -0.2) is 17.6 Å². The normalized spacial score (nSPS) is 11.9. The van der Waals surface area contributed by atoms with Crippen molar-refractivity contribution in [1.82, 2.24) is 10.3 Å². The first kappa shape index (κ1) is 15.2. The average molecular weight is 284 g/mol. The average Bonchev–Trinajstić information content (AvgIpc) is 2.53. The summed E-state index contributed by atoms with van der Waals surface area (Å²) in [5, 5.41) is 3.38. The number of carbonyl (C=O) groups is 1. The van der Waals surface area contributed by atoms with Crippen LogP contribution in [0.5, 0.6) is 0 Å². The zero-order valence-corrected chi connectivity index (χ0v) is 12.2. The molecule has 2 rings (SSSR count). The highest BCUT2D eigenvalue weighted by molar-refractivity contribution is 5.70. The number of nitrogens with one attached hydrogen (secondary N) is 1. The van der Waals surface area contributed by atoms with Gasteiger partial charge in [-0.15, -0.1) is 0 Å². The van der Waals surface area contributed by atoms with Crippen LogP contribution in [0.25, 0.3) is 0 Å².